The average Bonchev–Trinajstić information content (AvgIpc) is 3.29. The Balaban J connectivity index is 1.30. The van der Waals surface area contributed by atoms with Gasteiger partial charge in [0.1, 0.15) is 11.4 Å². The third kappa shape index (κ3) is 2.49. The summed E-state index contributed by atoms with van der Waals surface area (Å²) in [6, 6.07) is 7.87. The van der Waals surface area contributed by atoms with E-state index in [1.807, 2.05) is 24.3 Å². The van der Waals surface area contributed by atoms with Crippen molar-refractivity contribution in [3.05, 3.63) is 29.8 Å². The number of carbonyl (C=O) groups is 2. The first-order valence-electron chi connectivity index (χ1n) is 10.2. The molecule has 0 aromatic heterocycles. The van der Waals surface area contributed by atoms with Crippen LogP contribution in [0.4, 0.5) is 0 Å². The molecule has 1 N–H and O–H groups in total. The molecule has 5 rings (SSSR count). The number of carbonyl (C=O) groups excluding carboxylic acids is 2. The fraction of sp³-hybridized carbons (Fsp3) is 0.636. The summed E-state index contributed by atoms with van der Waals surface area (Å²) in [5.74, 6) is 2.51. The maximum absolute atomic E-state index is 12.9. The zero-order valence-corrected chi connectivity index (χ0v) is 15.4. The van der Waals surface area contributed by atoms with Gasteiger partial charge < -0.3 is 10.1 Å². The van der Waals surface area contributed by atoms with Gasteiger partial charge in [0.15, 0.2) is 5.78 Å². The Kier molecular flexibility index (Phi) is 3.67. The van der Waals surface area contributed by atoms with Crippen molar-refractivity contribution >= 4 is 11.7 Å². The Labute approximate surface area is 154 Å². The van der Waals surface area contributed by atoms with Crippen molar-refractivity contribution in [2.24, 2.45) is 23.7 Å². The number of nitrogens with one attached hydrogen (secondary N) is 1. The van der Waals surface area contributed by atoms with Crippen molar-refractivity contribution in [3.63, 3.8) is 0 Å². The fourth-order valence-corrected chi connectivity index (χ4v) is 5.82. The Morgan fingerprint density at radius 3 is 2.73 bits per heavy atom. The highest BCUT2D eigenvalue weighted by atomic mass is 16.5. The van der Waals surface area contributed by atoms with Gasteiger partial charge in [-0.2, -0.15) is 0 Å². The van der Waals surface area contributed by atoms with E-state index < -0.39 is 5.60 Å². The van der Waals surface area contributed by atoms with E-state index >= 15 is 0 Å². The topological polar surface area (TPSA) is 55.4 Å². The Hall–Kier alpha value is -1.84. The minimum atomic E-state index is -0.445. The van der Waals surface area contributed by atoms with E-state index in [0.717, 1.165) is 31.6 Å². The predicted molar refractivity (Wildman–Crippen MR) is 98.0 cm³/mol. The lowest BCUT2D eigenvalue weighted by Crippen LogP contribution is -2.45. The molecule has 0 saturated heterocycles. The maximum Gasteiger partial charge on any atom is 0.224 e. The van der Waals surface area contributed by atoms with Crippen LogP contribution < -0.4 is 10.1 Å². The number of fused-ring (bicyclic) bond motifs is 3. The van der Waals surface area contributed by atoms with Crippen molar-refractivity contribution in [3.8, 4) is 5.75 Å². The summed E-state index contributed by atoms with van der Waals surface area (Å²) in [6.07, 6.45) is 6.94. The number of amides is 1. The monoisotopic (exact) mass is 353 g/mol. The molecule has 4 heteroatoms. The van der Waals surface area contributed by atoms with Crippen LogP contribution >= 0.6 is 0 Å². The average molecular weight is 353 g/mol. The molecular formula is C22H27NO3. The molecule has 1 heterocycles. The molecule has 138 valence electrons. The van der Waals surface area contributed by atoms with Crippen molar-refractivity contribution in [1.82, 2.24) is 5.32 Å². The van der Waals surface area contributed by atoms with E-state index in [-0.39, 0.29) is 23.5 Å². The predicted octanol–water partition coefficient (Wildman–Crippen LogP) is 3.74. The summed E-state index contributed by atoms with van der Waals surface area (Å²) >= 11 is 0. The van der Waals surface area contributed by atoms with Crippen molar-refractivity contribution < 1.29 is 14.3 Å². The molecule has 1 aromatic rings. The van der Waals surface area contributed by atoms with Gasteiger partial charge in [-0.25, -0.2) is 0 Å². The van der Waals surface area contributed by atoms with Crippen LogP contribution in [0.15, 0.2) is 24.3 Å². The second kappa shape index (κ2) is 5.83. The molecule has 3 aliphatic carbocycles. The van der Waals surface area contributed by atoms with E-state index in [4.69, 9.17) is 4.74 Å². The standard InChI is InChI=1S/C22H27NO3/c1-13-6-8-14(9-7-13)23-21(25)19-16-10-11-22(20(16)19)12-17(24)15-4-2-3-5-18(15)26-22/h2-5,13-14,16,19-20H,6-12H2,1H3,(H,23,25)/t13?,14?,16-,19+,20+,22+/m0/s1. The molecule has 1 spiro atoms. The first kappa shape index (κ1) is 16.3. The summed E-state index contributed by atoms with van der Waals surface area (Å²) in [5.41, 5.74) is 0.249. The lowest BCUT2D eigenvalue weighted by Gasteiger charge is -2.37. The van der Waals surface area contributed by atoms with Gasteiger partial charge in [0.2, 0.25) is 5.91 Å². The zero-order chi connectivity index (χ0) is 17.9. The number of Topliss-reactive ketones (excluding diaryl/α,β-unsaturated/α-hetero) is 1. The maximum atomic E-state index is 12.9. The number of ether oxygens (including phenoxy) is 1. The first-order chi connectivity index (χ1) is 12.6. The fourth-order valence-electron chi connectivity index (χ4n) is 5.82. The number of hydrogen-bond donors (Lipinski definition) is 1. The zero-order valence-electron chi connectivity index (χ0n) is 15.4. The summed E-state index contributed by atoms with van der Waals surface area (Å²) in [5, 5.41) is 3.30. The third-order valence-electron chi connectivity index (χ3n) is 7.30. The number of rotatable bonds is 2. The SMILES string of the molecule is CC1CCC(NC(=O)[C@@H]2[C@@H]3CC[C@@]4(CC(=O)c5ccccc5O4)[C@H]32)CC1. The molecule has 26 heavy (non-hydrogen) atoms. The van der Waals surface area contributed by atoms with Gasteiger partial charge in [-0.3, -0.25) is 9.59 Å². The molecule has 3 fully saturated rings. The Bertz CT molecular complexity index is 752. The normalized spacial score (nSPS) is 40.5. The molecule has 0 unspecified atom stereocenters. The number of para-hydroxylation sites is 1. The van der Waals surface area contributed by atoms with Gasteiger partial charge in [0, 0.05) is 17.9 Å². The van der Waals surface area contributed by atoms with Crippen LogP contribution in [0.5, 0.6) is 5.75 Å². The number of benzene rings is 1. The van der Waals surface area contributed by atoms with Crippen molar-refractivity contribution in [2.45, 2.75) is 63.5 Å². The molecule has 1 aromatic carbocycles. The molecule has 0 bridgehead atoms. The van der Waals surface area contributed by atoms with Gasteiger partial charge in [0.05, 0.1) is 12.0 Å². The smallest absolute Gasteiger partial charge is 0.224 e. The highest BCUT2D eigenvalue weighted by Gasteiger charge is 2.70. The van der Waals surface area contributed by atoms with E-state index in [2.05, 4.69) is 12.2 Å². The van der Waals surface area contributed by atoms with Crippen LogP contribution in [0.2, 0.25) is 0 Å². The van der Waals surface area contributed by atoms with Gasteiger partial charge >= 0.3 is 0 Å². The van der Waals surface area contributed by atoms with E-state index in [0.29, 0.717) is 29.7 Å². The number of ketones is 1. The molecule has 1 aliphatic heterocycles. The number of hydrogen-bond acceptors (Lipinski definition) is 3. The molecule has 1 amide bonds. The van der Waals surface area contributed by atoms with Crippen LogP contribution in [0.3, 0.4) is 0 Å². The highest BCUT2D eigenvalue weighted by Crippen LogP contribution is 2.65. The van der Waals surface area contributed by atoms with Crippen LogP contribution in [0, 0.1) is 23.7 Å². The van der Waals surface area contributed by atoms with Crippen molar-refractivity contribution in [2.75, 3.05) is 0 Å². The van der Waals surface area contributed by atoms with Gasteiger partial charge in [-0.15, -0.1) is 0 Å². The summed E-state index contributed by atoms with van der Waals surface area (Å²) in [6.45, 7) is 2.29. The van der Waals surface area contributed by atoms with Crippen LogP contribution in [0.25, 0.3) is 0 Å². The van der Waals surface area contributed by atoms with Gasteiger partial charge in [-0.1, -0.05) is 19.1 Å². The second-order valence-electron chi connectivity index (χ2n) is 8.98. The largest absolute Gasteiger partial charge is 0.486 e. The second-order valence-corrected chi connectivity index (χ2v) is 8.98. The van der Waals surface area contributed by atoms with Gasteiger partial charge in [-0.05, 0) is 62.5 Å². The van der Waals surface area contributed by atoms with E-state index in [1.165, 1.54) is 12.8 Å². The summed E-state index contributed by atoms with van der Waals surface area (Å²) in [4.78, 5) is 25.5. The van der Waals surface area contributed by atoms with Crippen molar-refractivity contribution in [1.29, 1.82) is 0 Å². The quantitative estimate of drug-likeness (QED) is 0.881. The third-order valence-corrected chi connectivity index (χ3v) is 7.30. The minimum Gasteiger partial charge on any atom is -0.486 e. The van der Waals surface area contributed by atoms with Gasteiger partial charge in [0.25, 0.3) is 0 Å². The molecule has 0 radical (unpaired) electrons. The van der Waals surface area contributed by atoms with Crippen LogP contribution in [0.1, 0.15) is 62.2 Å². The lowest BCUT2D eigenvalue weighted by atomic mass is 9.84. The van der Waals surface area contributed by atoms with Crippen LogP contribution in [-0.2, 0) is 4.79 Å². The van der Waals surface area contributed by atoms with E-state index in [9.17, 15) is 9.59 Å². The minimum absolute atomic E-state index is 0.0427. The first-order valence-corrected chi connectivity index (χ1v) is 10.2. The molecule has 4 nitrogen and oxygen atoms in total. The molecule has 4 atom stereocenters. The molecule has 3 saturated carbocycles. The lowest BCUT2D eigenvalue weighted by molar-refractivity contribution is -0.125. The molecular weight excluding hydrogens is 326 g/mol. The summed E-state index contributed by atoms with van der Waals surface area (Å²) in [7, 11) is 0. The Morgan fingerprint density at radius 2 is 1.92 bits per heavy atom. The van der Waals surface area contributed by atoms with Crippen LogP contribution in [-0.4, -0.2) is 23.3 Å². The van der Waals surface area contributed by atoms with E-state index in [1.54, 1.807) is 0 Å². The highest BCUT2D eigenvalue weighted by molar-refractivity contribution is 6.00. The Morgan fingerprint density at radius 1 is 1.15 bits per heavy atom. The molecule has 4 aliphatic rings. The summed E-state index contributed by atoms with van der Waals surface area (Å²) < 4.78 is 6.39.